The van der Waals surface area contributed by atoms with Crippen LogP contribution in [0.15, 0.2) is 22.7 Å². The van der Waals surface area contributed by atoms with E-state index in [1.54, 1.807) is 6.07 Å². The molecule has 2 aromatic rings. The smallest absolute Gasteiger partial charge is 0.239 e. The summed E-state index contributed by atoms with van der Waals surface area (Å²) in [7, 11) is 0. The largest absolute Gasteiger partial charge is 0.366 e. The number of benzene rings is 1. The molecule has 2 rings (SSSR count). The van der Waals surface area contributed by atoms with E-state index in [-0.39, 0.29) is 11.8 Å². The van der Waals surface area contributed by atoms with Gasteiger partial charge >= 0.3 is 0 Å². The summed E-state index contributed by atoms with van der Waals surface area (Å²) < 4.78 is 13.7. The van der Waals surface area contributed by atoms with Crippen LogP contribution in [0.25, 0.3) is 11.4 Å². The van der Waals surface area contributed by atoms with Crippen LogP contribution in [0, 0.1) is 5.82 Å². The minimum atomic E-state index is -0.335. The monoisotopic (exact) mass is 256 g/mol. The van der Waals surface area contributed by atoms with Crippen molar-refractivity contribution in [2.75, 3.05) is 5.73 Å². The number of nitrogens with one attached hydrogen (secondary N) is 1. The van der Waals surface area contributed by atoms with E-state index in [0.29, 0.717) is 11.4 Å². The number of nitrogen functional groups attached to an aromatic ring is 1. The summed E-state index contributed by atoms with van der Waals surface area (Å²) in [4.78, 5) is 3.90. The lowest BCUT2D eigenvalue weighted by Gasteiger charge is -1.99. The zero-order chi connectivity index (χ0) is 10.1. The topological polar surface area (TPSA) is 67.6 Å². The Balaban J connectivity index is 2.55. The molecule has 0 saturated carbocycles. The van der Waals surface area contributed by atoms with E-state index < -0.39 is 0 Å². The summed E-state index contributed by atoms with van der Waals surface area (Å²) >= 11 is 3.28. The second-order valence-electron chi connectivity index (χ2n) is 2.67. The van der Waals surface area contributed by atoms with Gasteiger partial charge in [0, 0.05) is 10.0 Å². The molecule has 3 N–H and O–H groups in total. The number of aromatic amines is 1. The van der Waals surface area contributed by atoms with Crippen LogP contribution in [-0.2, 0) is 0 Å². The average Bonchev–Trinajstić information content (AvgIpc) is 2.56. The SMILES string of the molecule is Nc1n[nH]c(-c2cc(F)ccc2Br)n1. The van der Waals surface area contributed by atoms with E-state index in [0.717, 1.165) is 4.47 Å². The third kappa shape index (κ3) is 1.60. The third-order valence-corrected chi connectivity index (χ3v) is 2.38. The van der Waals surface area contributed by atoms with Gasteiger partial charge in [0.15, 0.2) is 5.82 Å². The van der Waals surface area contributed by atoms with Gasteiger partial charge in [0.2, 0.25) is 5.95 Å². The summed E-state index contributed by atoms with van der Waals surface area (Å²) in [5.74, 6) is 0.239. The number of halogens is 2. The van der Waals surface area contributed by atoms with Gasteiger partial charge in [-0.3, -0.25) is 5.10 Å². The number of hydrogen-bond acceptors (Lipinski definition) is 3. The van der Waals surface area contributed by atoms with Gasteiger partial charge in [0.1, 0.15) is 5.82 Å². The molecular weight excluding hydrogens is 251 g/mol. The van der Waals surface area contributed by atoms with Crippen molar-refractivity contribution in [2.45, 2.75) is 0 Å². The standard InChI is InChI=1S/C8H6BrFN4/c9-6-2-1-4(10)3-5(6)7-12-8(11)14-13-7/h1-3H,(H3,11,12,13,14). The molecule has 4 nitrogen and oxygen atoms in total. The summed E-state index contributed by atoms with van der Waals surface area (Å²) in [6, 6.07) is 4.31. The van der Waals surface area contributed by atoms with Gasteiger partial charge < -0.3 is 5.73 Å². The Morgan fingerprint density at radius 1 is 1.43 bits per heavy atom. The van der Waals surface area contributed by atoms with E-state index in [9.17, 15) is 4.39 Å². The molecular formula is C8H6BrFN4. The predicted octanol–water partition coefficient (Wildman–Crippen LogP) is 1.96. The Morgan fingerprint density at radius 3 is 2.86 bits per heavy atom. The molecule has 6 heteroatoms. The van der Waals surface area contributed by atoms with Crippen LogP contribution < -0.4 is 5.73 Å². The Kier molecular flexibility index (Phi) is 2.20. The minimum absolute atomic E-state index is 0.135. The number of hydrogen-bond donors (Lipinski definition) is 2. The summed E-state index contributed by atoms with van der Waals surface area (Å²) in [5.41, 5.74) is 5.93. The van der Waals surface area contributed by atoms with Crippen LogP contribution in [0.3, 0.4) is 0 Å². The highest BCUT2D eigenvalue weighted by atomic mass is 79.9. The maximum absolute atomic E-state index is 12.9. The molecule has 72 valence electrons. The van der Waals surface area contributed by atoms with Gasteiger partial charge in [-0.2, -0.15) is 4.98 Å². The molecule has 0 aliphatic heterocycles. The van der Waals surface area contributed by atoms with Gasteiger partial charge in [-0.25, -0.2) is 4.39 Å². The van der Waals surface area contributed by atoms with Gasteiger partial charge in [-0.1, -0.05) is 15.9 Å². The maximum atomic E-state index is 12.9. The molecule has 0 fully saturated rings. The number of anilines is 1. The Morgan fingerprint density at radius 2 is 2.21 bits per heavy atom. The summed E-state index contributed by atoms with van der Waals surface area (Å²) in [6.45, 7) is 0. The number of nitrogens with two attached hydrogens (primary N) is 1. The molecule has 0 atom stereocenters. The second kappa shape index (κ2) is 3.38. The fourth-order valence-corrected chi connectivity index (χ4v) is 1.51. The number of H-pyrrole nitrogens is 1. The van der Waals surface area contributed by atoms with Crippen molar-refractivity contribution in [1.82, 2.24) is 15.2 Å². The first kappa shape index (κ1) is 9.14. The van der Waals surface area contributed by atoms with Crippen molar-refractivity contribution in [1.29, 1.82) is 0 Å². The lowest BCUT2D eigenvalue weighted by molar-refractivity contribution is 0.628. The zero-order valence-electron chi connectivity index (χ0n) is 6.96. The van der Waals surface area contributed by atoms with E-state index in [2.05, 4.69) is 31.1 Å². The molecule has 1 aromatic carbocycles. The molecule has 0 radical (unpaired) electrons. The van der Waals surface area contributed by atoms with E-state index >= 15 is 0 Å². The van der Waals surface area contributed by atoms with Gasteiger partial charge in [0.05, 0.1) is 0 Å². The van der Waals surface area contributed by atoms with Crippen LogP contribution in [-0.4, -0.2) is 15.2 Å². The summed E-state index contributed by atoms with van der Waals surface area (Å²) in [6.07, 6.45) is 0. The predicted molar refractivity (Wildman–Crippen MR) is 53.9 cm³/mol. The van der Waals surface area contributed by atoms with E-state index in [1.807, 2.05) is 0 Å². The van der Waals surface area contributed by atoms with Crippen LogP contribution >= 0.6 is 15.9 Å². The fraction of sp³-hybridized carbons (Fsp3) is 0. The Hall–Kier alpha value is -1.43. The van der Waals surface area contributed by atoms with Gasteiger partial charge in [-0.15, -0.1) is 5.10 Å². The lowest BCUT2D eigenvalue weighted by Crippen LogP contribution is -1.86. The van der Waals surface area contributed by atoms with Crippen molar-refractivity contribution in [3.05, 3.63) is 28.5 Å². The maximum Gasteiger partial charge on any atom is 0.239 e. The van der Waals surface area contributed by atoms with Crippen molar-refractivity contribution in [2.24, 2.45) is 0 Å². The first-order chi connectivity index (χ1) is 6.66. The van der Waals surface area contributed by atoms with Crippen LogP contribution in [0.2, 0.25) is 0 Å². The van der Waals surface area contributed by atoms with Gasteiger partial charge in [-0.05, 0) is 18.2 Å². The second-order valence-corrected chi connectivity index (χ2v) is 3.52. The minimum Gasteiger partial charge on any atom is -0.366 e. The van der Waals surface area contributed by atoms with Gasteiger partial charge in [0.25, 0.3) is 0 Å². The number of rotatable bonds is 1. The van der Waals surface area contributed by atoms with Crippen LogP contribution in [0.4, 0.5) is 10.3 Å². The summed E-state index contributed by atoms with van der Waals surface area (Å²) in [5, 5.41) is 6.27. The highest BCUT2D eigenvalue weighted by Crippen LogP contribution is 2.26. The first-order valence-corrected chi connectivity index (χ1v) is 4.59. The molecule has 1 heterocycles. The van der Waals surface area contributed by atoms with Crippen molar-refractivity contribution >= 4 is 21.9 Å². The highest BCUT2D eigenvalue weighted by molar-refractivity contribution is 9.10. The highest BCUT2D eigenvalue weighted by Gasteiger charge is 2.08. The number of nitrogens with zero attached hydrogens (tertiary/aromatic N) is 2. The lowest BCUT2D eigenvalue weighted by atomic mass is 10.2. The molecule has 0 unspecified atom stereocenters. The normalized spacial score (nSPS) is 10.4. The molecule has 0 saturated heterocycles. The molecule has 0 amide bonds. The van der Waals surface area contributed by atoms with Crippen LogP contribution in [0.5, 0.6) is 0 Å². The average molecular weight is 257 g/mol. The number of aromatic nitrogens is 3. The molecule has 0 spiro atoms. The fourth-order valence-electron chi connectivity index (χ4n) is 1.07. The molecule has 14 heavy (non-hydrogen) atoms. The molecule has 0 bridgehead atoms. The Bertz CT molecular complexity index is 468. The first-order valence-electron chi connectivity index (χ1n) is 3.80. The van der Waals surface area contributed by atoms with E-state index in [1.165, 1.54) is 12.1 Å². The zero-order valence-corrected chi connectivity index (χ0v) is 8.55. The molecule has 0 aliphatic carbocycles. The van der Waals surface area contributed by atoms with E-state index in [4.69, 9.17) is 5.73 Å². The van der Waals surface area contributed by atoms with Crippen molar-refractivity contribution in [3.63, 3.8) is 0 Å². The quantitative estimate of drug-likeness (QED) is 0.820. The molecule has 0 aliphatic rings. The Labute approximate surface area is 87.5 Å². The molecule has 1 aromatic heterocycles. The third-order valence-electron chi connectivity index (χ3n) is 1.69. The van der Waals surface area contributed by atoms with Crippen molar-refractivity contribution in [3.8, 4) is 11.4 Å². The van der Waals surface area contributed by atoms with Crippen molar-refractivity contribution < 1.29 is 4.39 Å². The van der Waals surface area contributed by atoms with Crippen LogP contribution in [0.1, 0.15) is 0 Å².